The molecule has 1 fully saturated rings. The summed E-state index contributed by atoms with van der Waals surface area (Å²) in [6, 6.07) is 18.1. The van der Waals surface area contributed by atoms with Crippen LogP contribution in [0.5, 0.6) is 5.88 Å². The minimum Gasteiger partial charge on any atom is -0.474 e. The molecule has 138 valence electrons. The average Bonchev–Trinajstić information content (AvgIpc) is 2.71. The van der Waals surface area contributed by atoms with E-state index < -0.39 is 0 Å². The number of amides is 1. The van der Waals surface area contributed by atoms with Gasteiger partial charge in [0, 0.05) is 23.9 Å². The summed E-state index contributed by atoms with van der Waals surface area (Å²) in [4.78, 5) is 16.9. The van der Waals surface area contributed by atoms with Crippen molar-refractivity contribution in [3.05, 3.63) is 71.9 Å². The molecule has 1 aliphatic rings. The Kier molecular flexibility index (Phi) is 5.05. The number of nitrogens with zero attached hydrogens (tertiary/aromatic N) is 1. The zero-order valence-corrected chi connectivity index (χ0v) is 15.5. The van der Waals surface area contributed by atoms with E-state index in [1.807, 2.05) is 61.7 Å². The predicted octanol–water partition coefficient (Wildman–Crippen LogP) is 4.66. The van der Waals surface area contributed by atoms with Gasteiger partial charge in [0.25, 0.3) is 5.91 Å². The topological polar surface area (TPSA) is 51.2 Å². The number of carbonyl (C=O) groups is 1. The fraction of sp³-hybridized carbons (Fsp3) is 0.304. The second kappa shape index (κ2) is 7.78. The molecule has 1 aliphatic carbocycles. The Hall–Kier alpha value is -2.88. The third-order valence-electron chi connectivity index (χ3n) is 5.19. The number of benzene rings is 2. The maximum Gasteiger partial charge on any atom is 0.251 e. The molecule has 1 amide bonds. The normalized spacial score (nSPS) is 19.6. The van der Waals surface area contributed by atoms with Crippen LogP contribution < -0.4 is 10.1 Å². The molecule has 0 saturated heterocycles. The van der Waals surface area contributed by atoms with Crippen LogP contribution in [0, 0.1) is 6.92 Å². The zero-order valence-electron chi connectivity index (χ0n) is 15.5. The number of rotatable bonds is 4. The lowest BCUT2D eigenvalue weighted by Gasteiger charge is -2.29. The van der Waals surface area contributed by atoms with Crippen molar-refractivity contribution in [2.24, 2.45) is 0 Å². The van der Waals surface area contributed by atoms with Gasteiger partial charge in [0.1, 0.15) is 6.10 Å². The van der Waals surface area contributed by atoms with Gasteiger partial charge in [-0.05, 0) is 61.1 Å². The van der Waals surface area contributed by atoms with E-state index in [0.717, 1.165) is 47.6 Å². The molecule has 4 rings (SSSR count). The highest BCUT2D eigenvalue weighted by molar-refractivity contribution is 5.98. The summed E-state index contributed by atoms with van der Waals surface area (Å²) in [7, 11) is 0. The first-order valence-corrected chi connectivity index (χ1v) is 9.56. The zero-order chi connectivity index (χ0) is 18.6. The van der Waals surface area contributed by atoms with Gasteiger partial charge < -0.3 is 10.1 Å². The number of ether oxygens (including phenoxy) is 1. The Labute approximate surface area is 159 Å². The van der Waals surface area contributed by atoms with Crippen LogP contribution in [-0.4, -0.2) is 23.0 Å². The molecule has 1 heterocycles. The van der Waals surface area contributed by atoms with Crippen molar-refractivity contribution in [2.45, 2.75) is 44.8 Å². The van der Waals surface area contributed by atoms with Gasteiger partial charge in [-0.2, -0.15) is 0 Å². The third-order valence-corrected chi connectivity index (χ3v) is 5.19. The van der Waals surface area contributed by atoms with Crippen LogP contribution in [0.15, 0.2) is 60.8 Å². The summed E-state index contributed by atoms with van der Waals surface area (Å²) in [5, 5.41) is 5.42. The molecule has 1 N–H and O–H groups in total. The molecule has 0 bridgehead atoms. The molecule has 1 aromatic heterocycles. The van der Waals surface area contributed by atoms with Crippen molar-refractivity contribution in [1.82, 2.24) is 10.3 Å². The molecule has 3 aromatic rings. The number of pyridine rings is 1. The number of nitrogens with one attached hydrogen (secondary N) is 1. The number of aromatic nitrogens is 1. The van der Waals surface area contributed by atoms with Crippen LogP contribution in [0.4, 0.5) is 0 Å². The quantitative estimate of drug-likeness (QED) is 0.736. The van der Waals surface area contributed by atoms with Crippen molar-refractivity contribution in [1.29, 1.82) is 0 Å². The van der Waals surface area contributed by atoms with Crippen molar-refractivity contribution in [3.63, 3.8) is 0 Å². The van der Waals surface area contributed by atoms with Crippen LogP contribution >= 0.6 is 0 Å². The molecule has 0 aliphatic heterocycles. The number of hydrogen-bond acceptors (Lipinski definition) is 3. The highest BCUT2D eigenvalue weighted by Gasteiger charge is 2.24. The second-order valence-corrected chi connectivity index (χ2v) is 7.30. The van der Waals surface area contributed by atoms with E-state index in [4.69, 9.17) is 4.74 Å². The highest BCUT2D eigenvalue weighted by atomic mass is 16.5. The van der Waals surface area contributed by atoms with E-state index in [9.17, 15) is 4.79 Å². The van der Waals surface area contributed by atoms with Crippen LogP contribution in [0.1, 0.15) is 41.6 Å². The molecule has 4 nitrogen and oxygen atoms in total. The maximum atomic E-state index is 12.6. The standard InChI is InChI=1S/C23H24N2O2/c1-16-6-13-22(24-15-16)27-21-11-9-20(10-12-21)25-23(26)19-8-7-17-4-2-3-5-18(17)14-19/h2-8,13-15,20-21H,9-12H2,1H3,(H,25,26). The summed E-state index contributed by atoms with van der Waals surface area (Å²) in [6.45, 7) is 2.01. The van der Waals surface area contributed by atoms with E-state index in [-0.39, 0.29) is 18.1 Å². The Morgan fingerprint density at radius 1 is 1.00 bits per heavy atom. The molecular formula is C23H24N2O2. The molecule has 0 unspecified atom stereocenters. The van der Waals surface area contributed by atoms with Crippen molar-refractivity contribution < 1.29 is 9.53 Å². The van der Waals surface area contributed by atoms with E-state index in [1.54, 1.807) is 0 Å². The summed E-state index contributed by atoms with van der Waals surface area (Å²) >= 11 is 0. The Bertz CT molecular complexity index is 929. The minimum absolute atomic E-state index is 0.00493. The van der Waals surface area contributed by atoms with Gasteiger partial charge in [-0.15, -0.1) is 0 Å². The highest BCUT2D eigenvalue weighted by Crippen LogP contribution is 2.23. The second-order valence-electron chi connectivity index (χ2n) is 7.30. The van der Waals surface area contributed by atoms with Crippen LogP contribution in [-0.2, 0) is 0 Å². The van der Waals surface area contributed by atoms with Gasteiger partial charge in [0.05, 0.1) is 0 Å². The molecule has 1 saturated carbocycles. The Morgan fingerprint density at radius 2 is 1.78 bits per heavy atom. The van der Waals surface area contributed by atoms with Gasteiger partial charge in [-0.3, -0.25) is 4.79 Å². The largest absolute Gasteiger partial charge is 0.474 e. The molecule has 0 radical (unpaired) electrons. The van der Waals surface area contributed by atoms with Crippen molar-refractivity contribution in [2.75, 3.05) is 0 Å². The van der Waals surface area contributed by atoms with Crippen LogP contribution in [0.3, 0.4) is 0 Å². The van der Waals surface area contributed by atoms with E-state index in [2.05, 4.69) is 16.4 Å². The molecule has 0 spiro atoms. The number of fused-ring (bicyclic) bond motifs is 1. The summed E-state index contributed by atoms with van der Waals surface area (Å²) < 4.78 is 5.97. The maximum absolute atomic E-state index is 12.6. The van der Waals surface area contributed by atoms with Gasteiger partial charge in [0.2, 0.25) is 5.88 Å². The van der Waals surface area contributed by atoms with E-state index in [1.165, 1.54) is 0 Å². The summed E-state index contributed by atoms with van der Waals surface area (Å²) in [6.07, 6.45) is 5.71. The van der Waals surface area contributed by atoms with Crippen LogP contribution in [0.2, 0.25) is 0 Å². The third kappa shape index (κ3) is 4.27. The first-order valence-electron chi connectivity index (χ1n) is 9.56. The monoisotopic (exact) mass is 360 g/mol. The average molecular weight is 360 g/mol. The SMILES string of the molecule is Cc1ccc(OC2CCC(NC(=O)c3ccc4ccccc4c3)CC2)nc1. The molecule has 0 atom stereocenters. The lowest BCUT2D eigenvalue weighted by Crippen LogP contribution is -2.39. The van der Waals surface area contributed by atoms with Crippen LogP contribution in [0.25, 0.3) is 10.8 Å². The molecule has 27 heavy (non-hydrogen) atoms. The Morgan fingerprint density at radius 3 is 2.52 bits per heavy atom. The Balaban J connectivity index is 1.31. The number of hydrogen-bond donors (Lipinski definition) is 1. The van der Waals surface area contributed by atoms with E-state index >= 15 is 0 Å². The fourth-order valence-electron chi connectivity index (χ4n) is 3.62. The van der Waals surface area contributed by atoms with Gasteiger partial charge >= 0.3 is 0 Å². The number of aryl methyl sites for hydroxylation is 1. The lowest BCUT2D eigenvalue weighted by atomic mass is 9.92. The van der Waals surface area contributed by atoms with Crippen molar-refractivity contribution in [3.8, 4) is 5.88 Å². The summed E-state index contributed by atoms with van der Waals surface area (Å²) in [5.74, 6) is 0.689. The molecule has 4 heteroatoms. The van der Waals surface area contributed by atoms with Gasteiger partial charge in [-0.1, -0.05) is 36.4 Å². The fourth-order valence-corrected chi connectivity index (χ4v) is 3.62. The van der Waals surface area contributed by atoms with Gasteiger partial charge in [0.15, 0.2) is 0 Å². The first kappa shape index (κ1) is 17.5. The predicted molar refractivity (Wildman–Crippen MR) is 107 cm³/mol. The smallest absolute Gasteiger partial charge is 0.251 e. The summed E-state index contributed by atoms with van der Waals surface area (Å²) in [5.41, 5.74) is 1.85. The van der Waals surface area contributed by atoms with E-state index in [0.29, 0.717) is 5.88 Å². The molecular weight excluding hydrogens is 336 g/mol. The first-order chi connectivity index (χ1) is 13.2. The van der Waals surface area contributed by atoms with Gasteiger partial charge in [-0.25, -0.2) is 4.98 Å². The number of carbonyl (C=O) groups excluding carboxylic acids is 1. The lowest BCUT2D eigenvalue weighted by molar-refractivity contribution is 0.0890. The van der Waals surface area contributed by atoms with Crippen molar-refractivity contribution >= 4 is 16.7 Å². The minimum atomic E-state index is 0.00493. The molecule has 2 aromatic carbocycles.